The lowest BCUT2D eigenvalue weighted by molar-refractivity contribution is -0.138. The molecule has 3 amide bonds. The van der Waals surface area contributed by atoms with Gasteiger partial charge in [-0.1, -0.05) is 58.4 Å². The Bertz CT molecular complexity index is 1050. The van der Waals surface area contributed by atoms with Gasteiger partial charge in [0.1, 0.15) is 0 Å². The quantitative estimate of drug-likeness (QED) is 0.475. The smallest absolute Gasteiger partial charge is 0.317 e. The van der Waals surface area contributed by atoms with Crippen LogP contribution >= 0.6 is 15.9 Å². The second-order valence-electron chi connectivity index (χ2n) is 11.0. The summed E-state index contributed by atoms with van der Waals surface area (Å²) in [6.45, 7) is 6.08. The molecule has 0 saturated carbocycles. The molecule has 3 aliphatic rings. The Balaban J connectivity index is 1.14. The van der Waals surface area contributed by atoms with Gasteiger partial charge in [-0.2, -0.15) is 0 Å². The standard InChI is InChI=1S/C30H39BrN4O2/c31-26-11-9-24(10-12-26)23-35-22-16-30(28(35)36)14-20-33(21-15-30)19-13-27(25-7-3-1-4-8-25)32-29(37)34-17-5-2-6-18-34/h1,3-4,7-12,27H,2,5-6,13-23H2,(H,32,37). The number of piperidine rings is 2. The van der Waals surface area contributed by atoms with E-state index in [0.717, 1.165) is 87.8 Å². The minimum Gasteiger partial charge on any atom is -0.338 e. The number of hydrogen-bond donors (Lipinski definition) is 1. The summed E-state index contributed by atoms with van der Waals surface area (Å²) >= 11 is 3.49. The normalized spacial score (nSPS) is 20.8. The van der Waals surface area contributed by atoms with Gasteiger partial charge >= 0.3 is 6.03 Å². The van der Waals surface area contributed by atoms with Gasteiger partial charge in [0, 0.05) is 37.2 Å². The maximum absolute atomic E-state index is 13.4. The molecular weight excluding hydrogens is 528 g/mol. The van der Waals surface area contributed by atoms with Crippen LogP contribution in [0.25, 0.3) is 0 Å². The molecule has 0 radical (unpaired) electrons. The third kappa shape index (κ3) is 6.37. The van der Waals surface area contributed by atoms with Crippen LogP contribution in [0, 0.1) is 5.41 Å². The minimum absolute atomic E-state index is 0.000950. The molecular formula is C30H39BrN4O2. The monoisotopic (exact) mass is 566 g/mol. The highest BCUT2D eigenvalue weighted by molar-refractivity contribution is 9.10. The second kappa shape index (κ2) is 12.0. The first kappa shape index (κ1) is 26.2. The first-order valence-corrected chi connectivity index (χ1v) is 14.7. The number of urea groups is 1. The fourth-order valence-corrected chi connectivity index (χ4v) is 6.44. The number of hydrogen-bond acceptors (Lipinski definition) is 3. The summed E-state index contributed by atoms with van der Waals surface area (Å²) in [5.74, 6) is 0.339. The number of amides is 3. The molecule has 0 aromatic heterocycles. The third-order valence-electron chi connectivity index (χ3n) is 8.58. The van der Waals surface area contributed by atoms with Gasteiger partial charge < -0.3 is 20.0 Å². The highest BCUT2D eigenvalue weighted by Crippen LogP contribution is 2.42. The van der Waals surface area contributed by atoms with Crippen LogP contribution in [-0.4, -0.2) is 65.9 Å². The van der Waals surface area contributed by atoms with Crippen LogP contribution in [0.2, 0.25) is 0 Å². The van der Waals surface area contributed by atoms with Gasteiger partial charge in [0.15, 0.2) is 0 Å². The van der Waals surface area contributed by atoms with Crippen molar-refractivity contribution in [1.82, 2.24) is 20.0 Å². The molecule has 3 heterocycles. The predicted octanol–water partition coefficient (Wildman–Crippen LogP) is 5.59. The van der Waals surface area contributed by atoms with Crippen LogP contribution in [0.4, 0.5) is 4.79 Å². The van der Waals surface area contributed by atoms with Crippen LogP contribution in [0.15, 0.2) is 59.1 Å². The molecule has 1 atom stereocenters. The van der Waals surface area contributed by atoms with Crippen LogP contribution in [0.3, 0.4) is 0 Å². The zero-order valence-corrected chi connectivity index (χ0v) is 23.3. The summed E-state index contributed by atoms with van der Waals surface area (Å²) < 4.78 is 1.06. The van der Waals surface area contributed by atoms with E-state index >= 15 is 0 Å². The molecule has 1 spiro atoms. The summed E-state index contributed by atoms with van der Waals surface area (Å²) in [6.07, 6.45) is 7.11. The fourth-order valence-electron chi connectivity index (χ4n) is 6.18. The molecule has 3 aliphatic heterocycles. The van der Waals surface area contributed by atoms with Crippen molar-refractivity contribution in [2.75, 3.05) is 39.3 Å². The molecule has 37 heavy (non-hydrogen) atoms. The lowest BCUT2D eigenvalue weighted by Gasteiger charge is -2.38. The van der Waals surface area contributed by atoms with E-state index in [9.17, 15) is 9.59 Å². The Kier molecular flexibility index (Phi) is 8.50. The Morgan fingerprint density at radius 1 is 0.892 bits per heavy atom. The fraction of sp³-hybridized carbons (Fsp3) is 0.533. The number of benzene rings is 2. The topological polar surface area (TPSA) is 55.9 Å². The van der Waals surface area contributed by atoms with Crippen LogP contribution in [-0.2, 0) is 11.3 Å². The van der Waals surface area contributed by atoms with E-state index in [-0.39, 0.29) is 17.5 Å². The number of carbonyl (C=O) groups is 2. The van der Waals surface area contributed by atoms with Gasteiger partial charge in [-0.05, 0) is 81.3 Å². The van der Waals surface area contributed by atoms with E-state index in [1.807, 2.05) is 35.2 Å². The van der Waals surface area contributed by atoms with Gasteiger partial charge in [0.25, 0.3) is 0 Å². The molecule has 0 aliphatic carbocycles. The number of likely N-dealkylation sites (tertiary alicyclic amines) is 3. The van der Waals surface area contributed by atoms with Crippen molar-refractivity contribution in [3.8, 4) is 0 Å². The van der Waals surface area contributed by atoms with Crippen molar-refractivity contribution in [2.45, 2.75) is 57.5 Å². The van der Waals surface area contributed by atoms with Crippen LogP contribution in [0.5, 0.6) is 0 Å². The van der Waals surface area contributed by atoms with Crippen molar-refractivity contribution in [2.24, 2.45) is 5.41 Å². The molecule has 3 saturated heterocycles. The minimum atomic E-state index is -0.187. The Labute approximate surface area is 229 Å². The molecule has 3 fully saturated rings. The van der Waals surface area contributed by atoms with Crippen molar-refractivity contribution in [3.63, 3.8) is 0 Å². The number of rotatable bonds is 7. The SMILES string of the molecule is O=C(NC(CCN1CCC2(CC1)CCN(Cc1ccc(Br)cc1)C2=O)c1ccccc1)N1CCCCC1. The molecule has 1 unspecified atom stereocenters. The van der Waals surface area contributed by atoms with E-state index in [1.54, 1.807) is 0 Å². The van der Waals surface area contributed by atoms with E-state index in [2.05, 4.69) is 55.3 Å². The van der Waals surface area contributed by atoms with Gasteiger partial charge in [-0.15, -0.1) is 0 Å². The summed E-state index contributed by atoms with van der Waals surface area (Å²) in [5.41, 5.74) is 2.16. The van der Waals surface area contributed by atoms with Crippen LogP contribution in [0.1, 0.15) is 62.1 Å². The second-order valence-corrected chi connectivity index (χ2v) is 11.9. The van der Waals surface area contributed by atoms with E-state index in [1.165, 1.54) is 12.0 Å². The molecule has 7 heteroatoms. The summed E-state index contributed by atoms with van der Waals surface area (Å²) in [4.78, 5) is 32.9. The van der Waals surface area contributed by atoms with Gasteiger partial charge in [0.05, 0.1) is 11.5 Å². The van der Waals surface area contributed by atoms with Gasteiger partial charge in [-0.25, -0.2) is 4.79 Å². The number of halogens is 1. The molecule has 2 aromatic carbocycles. The van der Waals surface area contributed by atoms with Crippen molar-refractivity contribution in [3.05, 3.63) is 70.2 Å². The average molecular weight is 568 g/mol. The van der Waals surface area contributed by atoms with Crippen molar-refractivity contribution in [1.29, 1.82) is 0 Å². The molecule has 6 nitrogen and oxygen atoms in total. The summed E-state index contributed by atoms with van der Waals surface area (Å²) in [7, 11) is 0. The van der Waals surface area contributed by atoms with E-state index in [4.69, 9.17) is 0 Å². The number of nitrogens with zero attached hydrogens (tertiary/aromatic N) is 3. The molecule has 1 N–H and O–H groups in total. The summed E-state index contributed by atoms with van der Waals surface area (Å²) in [6, 6.07) is 18.7. The first-order chi connectivity index (χ1) is 18.0. The van der Waals surface area contributed by atoms with Gasteiger partial charge in [0.2, 0.25) is 5.91 Å². The third-order valence-corrected chi connectivity index (χ3v) is 9.11. The molecule has 198 valence electrons. The Morgan fingerprint density at radius 2 is 1.57 bits per heavy atom. The lowest BCUT2D eigenvalue weighted by Crippen LogP contribution is -2.46. The molecule has 0 bridgehead atoms. The lowest BCUT2D eigenvalue weighted by atomic mass is 9.77. The number of carbonyl (C=O) groups excluding carboxylic acids is 2. The maximum Gasteiger partial charge on any atom is 0.317 e. The Morgan fingerprint density at radius 3 is 2.27 bits per heavy atom. The maximum atomic E-state index is 13.4. The van der Waals surface area contributed by atoms with E-state index < -0.39 is 0 Å². The van der Waals surface area contributed by atoms with Crippen molar-refractivity contribution >= 4 is 27.9 Å². The largest absolute Gasteiger partial charge is 0.338 e. The first-order valence-electron chi connectivity index (χ1n) is 13.9. The Hall–Kier alpha value is -2.38. The average Bonchev–Trinajstić information content (AvgIpc) is 3.23. The van der Waals surface area contributed by atoms with Gasteiger partial charge in [-0.3, -0.25) is 4.79 Å². The highest BCUT2D eigenvalue weighted by Gasteiger charge is 2.47. The van der Waals surface area contributed by atoms with Crippen LogP contribution < -0.4 is 5.32 Å². The summed E-state index contributed by atoms with van der Waals surface area (Å²) in [5, 5.41) is 3.33. The highest BCUT2D eigenvalue weighted by atomic mass is 79.9. The van der Waals surface area contributed by atoms with Crippen molar-refractivity contribution < 1.29 is 9.59 Å². The number of nitrogens with one attached hydrogen (secondary N) is 1. The molecule has 2 aromatic rings. The zero-order valence-electron chi connectivity index (χ0n) is 21.7. The zero-order chi connectivity index (χ0) is 25.7. The molecule has 5 rings (SSSR count). The predicted molar refractivity (Wildman–Crippen MR) is 150 cm³/mol. The van der Waals surface area contributed by atoms with E-state index in [0.29, 0.717) is 12.5 Å².